The van der Waals surface area contributed by atoms with E-state index in [2.05, 4.69) is 15.3 Å². The quantitative estimate of drug-likeness (QED) is 0.770. The van der Waals surface area contributed by atoms with Crippen molar-refractivity contribution in [2.75, 3.05) is 5.32 Å². The van der Waals surface area contributed by atoms with Gasteiger partial charge in [0.25, 0.3) is 0 Å². The molecule has 0 saturated carbocycles. The van der Waals surface area contributed by atoms with E-state index in [1.54, 1.807) is 6.92 Å². The Bertz CT molecular complexity index is 825. The van der Waals surface area contributed by atoms with Crippen molar-refractivity contribution >= 4 is 39.0 Å². The average Bonchev–Trinajstić information content (AvgIpc) is 2.80. The van der Waals surface area contributed by atoms with Gasteiger partial charge >= 0.3 is 5.97 Å². The first-order chi connectivity index (χ1) is 10.1. The van der Waals surface area contributed by atoms with Gasteiger partial charge in [0, 0.05) is 5.69 Å². The molecule has 0 amide bonds. The van der Waals surface area contributed by atoms with Crippen LogP contribution in [0.3, 0.4) is 0 Å². The first-order valence-electron chi connectivity index (χ1n) is 6.37. The smallest absolute Gasteiger partial charge is 0.346 e. The first-order valence-corrected chi connectivity index (χ1v) is 7.19. The molecule has 2 aromatic heterocycles. The normalized spacial score (nSPS) is 10.8. The largest absolute Gasteiger partial charge is 0.477 e. The highest BCUT2D eigenvalue weighted by molar-refractivity contribution is 7.20. The monoisotopic (exact) mass is 299 g/mol. The molecule has 3 rings (SSSR count). The minimum absolute atomic E-state index is 0.303. The van der Waals surface area contributed by atoms with Gasteiger partial charge in [0.1, 0.15) is 21.9 Å². The number of anilines is 2. The van der Waals surface area contributed by atoms with Gasteiger partial charge < -0.3 is 10.4 Å². The third kappa shape index (κ3) is 2.45. The first kappa shape index (κ1) is 13.5. The average molecular weight is 299 g/mol. The number of hydrogen-bond acceptors (Lipinski definition) is 5. The number of thiophene rings is 1. The number of carbonyl (C=O) groups is 1. The number of benzene rings is 1. The molecule has 2 heterocycles. The van der Waals surface area contributed by atoms with Crippen LogP contribution >= 0.6 is 11.3 Å². The van der Waals surface area contributed by atoms with Gasteiger partial charge in [-0.1, -0.05) is 17.7 Å². The Hall–Kier alpha value is -2.47. The summed E-state index contributed by atoms with van der Waals surface area (Å²) in [5.74, 6) is -0.304. The van der Waals surface area contributed by atoms with E-state index in [4.69, 9.17) is 0 Å². The second-order valence-corrected chi connectivity index (χ2v) is 5.75. The van der Waals surface area contributed by atoms with Gasteiger partial charge in [-0.05, 0) is 31.5 Å². The number of fused-ring (bicyclic) bond motifs is 1. The van der Waals surface area contributed by atoms with Crippen LogP contribution in [0.2, 0.25) is 0 Å². The number of carboxylic acid groups (broad SMARTS) is 1. The van der Waals surface area contributed by atoms with Crippen molar-refractivity contribution in [1.82, 2.24) is 9.97 Å². The van der Waals surface area contributed by atoms with Crippen molar-refractivity contribution in [2.24, 2.45) is 0 Å². The standard InChI is InChI=1S/C15H13N3O2S/c1-8-3-5-10(6-4-8)18-13-11-9(2)12(15(19)20)21-14(11)17-7-16-13/h3-7H,1-2H3,(H,19,20)(H,16,17,18). The van der Waals surface area contributed by atoms with Crippen LogP contribution in [0.5, 0.6) is 0 Å². The Balaban J connectivity index is 2.10. The molecule has 1 aromatic carbocycles. The molecule has 2 N–H and O–H groups in total. The number of hydrogen-bond donors (Lipinski definition) is 2. The molecule has 0 aliphatic rings. The summed E-state index contributed by atoms with van der Waals surface area (Å²) < 4.78 is 0. The molecule has 0 aliphatic heterocycles. The number of aromatic nitrogens is 2. The van der Waals surface area contributed by atoms with Crippen molar-refractivity contribution in [1.29, 1.82) is 0 Å². The number of nitrogens with zero attached hydrogens (tertiary/aromatic N) is 2. The van der Waals surface area contributed by atoms with Crippen LogP contribution in [0.15, 0.2) is 30.6 Å². The fourth-order valence-corrected chi connectivity index (χ4v) is 3.13. The summed E-state index contributed by atoms with van der Waals surface area (Å²) in [6.45, 7) is 3.81. The molecule has 106 valence electrons. The van der Waals surface area contributed by atoms with Crippen molar-refractivity contribution in [3.63, 3.8) is 0 Å². The molecule has 0 bridgehead atoms. The van der Waals surface area contributed by atoms with Crippen LogP contribution in [-0.2, 0) is 0 Å². The highest BCUT2D eigenvalue weighted by atomic mass is 32.1. The third-order valence-corrected chi connectivity index (χ3v) is 4.42. The maximum absolute atomic E-state index is 11.2. The van der Waals surface area contributed by atoms with Crippen LogP contribution in [0.4, 0.5) is 11.5 Å². The van der Waals surface area contributed by atoms with Crippen molar-refractivity contribution in [3.8, 4) is 0 Å². The molecule has 0 radical (unpaired) electrons. The molecule has 0 fully saturated rings. The highest BCUT2D eigenvalue weighted by Crippen LogP contribution is 2.34. The summed E-state index contributed by atoms with van der Waals surface area (Å²) in [4.78, 5) is 20.6. The molecule has 0 saturated heterocycles. The van der Waals surface area contributed by atoms with Gasteiger partial charge in [0.15, 0.2) is 0 Å². The van der Waals surface area contributed by atoms with Crippen LogP contribution in [0.1, 0.15) is 20.8 Å². The van der Waals surface area contributed by atoms with E-state index < -0.39 is 5.97 Å². The van der Waals surface area contributed by atoms with Gasteiger partial charge in [-0.2, -0.15) is 0 Å². The van der Waals surface area contributed by atoms with Gasteiger partial charge in [0.2, 0.25) is 0 Å². The van der Waals surface area contributed by atoms with E-state index in [9.17, 15) is 9.90 Å². The number of rotatable bonds is 3. The van der Waals surface area contributed by atoms with Gasteiger partial charge in [-0.15, -0.1) is 11.3 Å². The Labute approximate surface area is 125 Å². The van der Waals surface area contributed by atoms with Crippen LogP contribution in [0.25, 0.3) is 10.2 Å². The second kappa shape index (κ2) is 5.14. The number of carboxylic acids is 1. The fraction of sp³-hybridized carbons (Fsp3) is 0.133. The van der Waals surface area contributed by atoms with E-state index in [1.807, 2.05) is 31.2 Å². The molecule has 0 unspecified atom stereocenters. The Morgan fingerprint density at radius 3 is 2.57 bits per heavy atom. The van der Waals surface area contributed by atoms with Gasteiger partial charge in [0.05, 0.1) is 5.39 Å². The van der Waals surface area contributed by atoms with Crippen LogP contribution < -0.4 is 5.32 Å². The molecule has 0 atom stereocenters. The predicted molar refractivity (Wildman–Crippen MR) is 83.6 cm³/mol. The minimum Gasteiger partial charge on any atom is -0.477 e. The molecule has 3 aromatic rings. The van der Waals surface area contributed by atoms with E-state index in [0.717, 1.165) is 11.1 Å². The Kier molecular flexibility index (Phi) is 3.31. The van der Waals surface area contributed by atoms with Gasteiger partial charge in [-0.3, -0.25) is 0 Å². The summed E-state index contributed by atoms with van der Waals surface area (Å²) in [5.41, 5.74) is 2.77. The predicted octanol–water partition coefficient (Wildman–Crippen LogP) is 3.75. The summed E-state index contributed by atoms with van der Waals surface area (Å²) in [5, 5.41) is 13.2. The third-order valence-electron chi connectivity index (χ3n) is 3.24. The lowest BCUT2D eigenvalue weighted by molar-refractivity contribution is 0.0701. The topological polar surface area (TPSA) is 75.1 Å². The summed E-state index contributed by atoms with van der Waals surface area (Å²) in [6, 6.07) is 7.93. The maximum atomic E-state index is 11.2. The lowest BCUT2D eigenvalue weighted by Crippen LogP contribution is -1.97. The summed E-state index contributed by atoms with van der Waals surface area (Å²) in [7, 11) is 0. The summed E-state index contributed by atoms with van der Waals surface area (Å²) >= 11 is 1.17. The molecule has 0 spiro atoms. The summed E-state index contributed by atoms with van der Waals surface area (Å²) in [6.07, 6.45) is 1.44. The molecular weight excluding hydrogens is 286 g/mol. The zero-order valence-electron chi connectivity index (χ0n) is 11.5. The second-order valence-electron chi connectivity index (χ2n) is 4.75. The molecule has 5 nitrogen and oxygen atoms in total. The van der Waals surface area contributed by atoms with Crippen molar-refractivity contribution in [3.05, 3.63) is 46.6 Å². The highest BCUT2D eigenvalue weighted by Gasteiger charge is 2.18. The maximum Gasteiger partial charge on any atom is 0.346 e. The van der Waals surface area contributed by atoms with Gasteiger partial charge in [-0.25, -0.2) is 14.8 Å². The molecule has 0 aliphatic carbocycles. The molecule has 6 heteroatoms. The zero-order valence-corrected chi connectivity index (χ0v) is 12.4. The van der Waals surface area contributed by atoms with E-state index >= 15 is 0 Å². The Morgan fingerprint density at radius 1 is 1.19 bits per heavy atom. The van der Waals surface area contributed by atoms with Crippen molar-refractivity contribution < 1.29 is 9.90 Å². The minimum atomic E-state index is -0.934. The Morgan fingerprint density at radius 2 is 1.90 bits per heavy atom. The lowest BCUT2D eigenvalue weighted by Gasteiger charge is -2.07. The van der Waals surface area contributed by atoms with E-state index in [-0.39, 0.29) is 0 Å². The van der Waals surface area contributed by atoms with E-state index in [1.165, 1.54) is 23.2 Å². The molecular formula is C15H13N3O2S. The molecule has 21 heavy (non-hydrogen) atoms. The number of aromatic carboxylic acids is 1. The lowest BCUT2D eigenvalue weighted by atomic mass is 10.2. The van der Waals surface area contributed by atoms with Crippen LogP contribution in [0, 0.1) is 13.8 Å². The number of aryl methyl sites for hydroxylation is 2. The fourth-order valence-electron chi connectivity index (χ4n) is 2.14. The SMILES string of the molecule is Cc1ccc(Nc2ncnc3sc(C(=O)O)c(C)c23)cc1. The number of nitrogens with one attached hydrogen (secondary N) is 1. The van der Waals surface area contributed by atoms with E-state index in [0.29, 0.717) is 21.1 Å². The van der Waals surface area contributed by atoms with Crippen molar-refractivity contribution in [2.45, 2.75) is 13.8 Å². The van der Waals surface area contributed by atoms with Crippen LogP contribution in [-0.4, -0.2) is 21.0 Å². The zero-order chi connectivity index (χ0) is 15.0.